The number of carboxylic acid groups (broad SMARTS) is 1. The Bertz CT molecular complexity index is 536. The number of hydrogen-bond acceptors (Lipinski definition) is 4. The van der Waals surface area contributed by atoms with E-state index in [-0.39, 0.29) is 17.0 Å². The van der Waals surface area contributed by atoms with Gasteiger partial charge in [0, 0.05) is 26.5 Å². The fourth-order valence-electron chi connectivity index (χ4n) is 3.16. The van der Waals surface area contributed by atoms with E-state index in [1.165, 1.54) is 37.6 Å². The third-order valence-electron chi connectivity index (χ3n) is 4.62. The first kappa shape index (κ1) is 17.4. The van der Waals surface area contributed by atoms with Crippen LogP contribution in [0.3, 0.4) is 0 Å². The van der Waals surface area contributed by atoms with Gasteiger partial charge in [0.2, 0.25) is 0 Å². The third kappa shape index (κ3) is 4.76. The first-order valence-electron chi connectivity index (χ1n) is 8.03. The van der Waals surface area contributed by atoms with E-state index >= 15 is 0 Å². The van der Waals surface area contributed by atoms with Gasteiger partial charge in [-0.3, -0.25) is 4.79 Å². The maximum absolute atomic E-state index is 12.3. The van der Waals surface area contributed by atoms with Crippen LogP contribution in [0.25, 0.3) is 0 Å². The molecule has 1 saturated carbocycles. The van der Waals surface area contributed by atoms with Crippen molar-refractivity contribution in [2.75, 3.05) is 20.3 Å². The molecule has 0 saturated heterocycles. The van der Waals surface area contributed by atoms with Gasteiger partial charge in [0.05, 0.1) is 5.56 Å². The highest BCUT2D eigenvalue weighted by Gasteiger charge is 2.32. The van der Waals surface area contributed by atoms with Crippen LogP contribution in [0.4, 0.5) is 0 Å². The van der Waals surface area contributed by atoms with Gasteiger partial charge in [-0.25, -0.2) is 9.78 Å². The molecule has 23 heavy (non-hydrogen) atoms. The standard InChI is InChI=1S/C17H24N2O4/c1-23-10-9-17(7-3-2-4-8-17)12-19-15(20)13-5-6-14(16(21)22)18-11-13/h5-6,11H,2-4,7-10,12H2,1H3,(H,19,20)(H,21,22). The second-order valence-corrected chi connectivity index (χ2v) is 6.22. The van der Waals surface area contributed by atoms with Crippen LogP contribution in [0.2, 0.25) is 0 Å². The minimum absolute atomic E-state index is 0.0644. The van der Waals surface area contributed by atoms with Crippen molar-refractivity contribution < 1.29 is 19.4 Å². The van der Waals surface area contributed by atoms with Crippen molar-refractivity contribution in [3.63, 3.8) is 0 Å². The summed E-state index contributed by atoms with van der Waals surface area (Å²) in [6.07, 6.45) is 8.09. The lowest BCUT2D eigenvalue weighted by Crippen LogP contribution is -2.39. The number of ether oxygens (including phenoxy) is 1. The van der Waals surface area contributed by atoms with Gasteiger partial charge < -0.3 is 15.2 Å². The minimum Gasteiger partial charge on any atom is -0.477 e. The van der Waals surface area contributed by atoms with Gasteiger partial charge in [0.15, 0.2) is 0 Å². The average Bonchev–Trinajstić information content (AvgIpc) is 2.59. The number of carbonyl (C=O) groups is 2. The van der Waals surface area contributed by atoms with Crippen LogP contribution in [-0.4, -0.2) is 42.2 Å². The lowest BCUT2D eigenvalue weighted by atomic mass is 9.72. The van der Waals surface area contributed by atoms with Crippen LogP contribution >= 0.6 is 0 Å². The number of amides is 1. The van der Waals surface area contributed by atoms with Crippen LogP contribution in [0.15, 0.2) is 18.3 Å². The van der Waals surface area contributed by atoms with Crippen molar-refractivity contribution in [1.82, 2.24) is 10.3 Å². The zero-order chi connectivity index (χ0) is 16.7. The second kappa shape index (κ2) is 8.06. The highest BCUT2D eigenvalue weighted by molar-refractivity contribution is 5.94. The summed E-state index contributed by atoms with van der Waals surface area (Å²) >= 11 is 0. The molecule has 6 nitrogen and oxygen atoms in total. The molecular formula is C17H24N2O4. The number of aromatic nitrogens is 1. The summed E-state index contributed by atoms with van der Waals surface area (Å²) in [4.78, 5) is 26.8. The highest BCUT2D eigenvalue weighted by atomic mass is 16.5. The highest BCUT2D eigenvalue weighted by Crippen LogP contribution is 2.38. The molecule has 0 bridgehead atoms. The molecule has 1 aliphatic carbocycles. The van der Waals surface area contributed by atoms with Gasteiger partial charge in [0.25, 0.3) is 5.91 Å². The maximum atomic E-state index is 12.3. The number of pyridine rings is 1. The fraction of sp³-hybridized carbons (Fsp3) is 0.588. The quantitative estimate of drug-likeness (QED) is 0.806. The Morgan fingerprint density at radius 2 is 2.04 bits per heavy atom. The largest absolute Gasteiger partial charge is 0.477 e. The Kier molecular flexibility index (Phi) is 6.10. The molecule has 1 heterocycles. The minimum atomic E-state index is -1.10. The molecule has 1 fully saturated rings. The molecule has 0 unspecified atom stereocenters. The molecule has 0 atom stereocenters. The first-order chi connectivity index (χ1) is 11.1. The van der Waals surface area contributed by atoms with Crippen LogP contribution < -0.4 is 5.32 Å². The second-order valence-electron chi connectivity index (χ2n) is 6.22. The van der Waals surface area contributed by atoms with Gasteiger partial charge in [-0.15, -0.1) is 0 Å². The molecule has 2 rings (SSSR count). The van der Waals surface area contributed by atoms with Gasteiger partial charge in [-0.05, 0) is 36.8 Å². The predicted molar refractivity (Wildman–Crippen MR) is 85.5 cm³/mol. The van der Waals surface area contributed by atoms with Gasteiger partial charge in [0.1, 0.15) is 5.69 Å². The van der Waals surface area contributed by atoms with Gasteiger partial charge in [-0.2, -0.15) is 0 Å². The van der Waals surface area contributed by atoms with E-state index in [9.17, 15) is 9.59 Å². The molecule has 1 amide bonds. The predicted octanol–water partition coefficient (Wildman–Crippen LogP) is 2.50. The molecule has 0 radical (unpaired) electrons. The van der Waals surface area contributed by atoms with Gasteiger partial charge in [-0.1, -0.05) is 19.3 Å². The SMILES string of the molecule is COCCC1(CNC(=O)c2ccc(C(=O)O)nc2)CCCCC1. The first-order valence-corrected chi connectivity index (χ1v) is 8.03. The summed E-state index contributed by atoms with van der Waals surface area (Å²) < 4.78 is 5.22. The van der Waals surface area contributed by atoms with Crippen molar-refractivity contribution >= 4 is 11.9 Å². The van der Waals surface area contributed by atoms with E-state index in [1.807, 2.05) is 0 Å². The Morgan fingerprint density at radius 1 is 1.30 bits per heavy atom. The number of nitrogens with zero attached hydrogens (tertiary/aromatic N) is 1. The van der Waals surface area contributed by atoms with Crippen LogP contribution in [0, 0.1) is 5.41 Å². The number of nitrogens with one attached hydrogen (secondary N) is 1. The smallest absolute Gasteiger partial charge is 0.354 e. The number of hydrogen-bond donors (Lipinski definition) is 2. The topological polar surface area (TPSA) is 88.5 Å². The molecule has 1 aromatic rings. The van der Waals surface area contributed by atoms with Crippen molar-refractivity contribution in [2.45, 2.75) is 38.5 Å². The fourth-order valence-corrected chi connectivity index (χ4v) is 3.16. The van der Waals surface area contributed by atoms with Crippen molar-refractivity contribution in [3.8, 4) is 0 Å². The van der Waals surface area contributed by atoms with E-state index < -0.39 is 5.97 Å². The number of methoxy groups -OCH3 is 1. The van der Waals surface area contributed by atoms with Crippen molar-refractivity contribution in [3.05, 3.63) is 29.6 Å². The van der Waals surface area contributed by atoms with Crippen LogP contribution in [-0.2, 0) is 4.74 Å². The zero-order valence-electron chi connectivity index (χ0n) is 13.5. The van der Waals surface area contributed by atoms with Gasteiger partial charge >= 0.3 is 5.97 Å². The molecule has 1 aliphatic rings. The number of carbonyl (C=O) groups excluding carboxylic acids is 1. The Labute approximate surface area is 136 Å². The summed E-state index contributed by atoms with van der Waals surface area (Å²) in [7, 11) is 1.70. The van der Waals surface area contributed by atoms with Crippen LogP contribution in [0.1, 0.15) is 59.4 Å². The molecule has 6 heteroatoms. The molecule has 2 N–H and O–H groups in total. The maximum Gasteiger partial charge on any atom is 0.354 e. The summed E-state index contributed by atoms with van der Waals surface area (Å²) in [5.41, 5.74) is 0.427. The van der Waals surface area contributed by atoms with E-state index in [0.717, 1.165) is 19.3 Å². The number of aromatic carboxylic acids is 1. The number of carboxylic acids is 1. The lowest BCUT2D eigenvalue weighted by Gasteiger charge is -2.37. The molecule has 0 spiro atoms. The molecule has 0 aromatic carbocycles. The summed E-state index contributed by atoms with van der Waals surface area (Å²) in [5, 5.41) is 11.8. The third-order valence-corrected chi connectivity index (χ3v) is 4.62. The van der Waals surface area contributed by atoms with E-state index in [2.05, 4.69) is 10.3 Å². The van der Waals surface area contributed by atoms with E-state index in [4.69, 9.17) is 9.84 Å². The number of rotatable bonds is 7. The molecule has 126 valence electrons. The van der Waals surface area contributed by atoms with Crippen molar-refractivity contribution in [2.24, 2.45) is 5.41 Å². The van der Waals surface area contributed by atoms with Crippen LogP contribution in [0.5, 0.6) is 0 Å². The van der Waals surface area contributed by atoms with E-state index in [0.29, 0.717) is 18.7 Å². The lowest BCUT2D eigenvalue weighted by molar-refractivity contribution is 0.0689. The summed E-state index contributed by atoms with van der Waals surface area (Å²) in [6.45, 7) is 1.32. The molecular weight excluding hydrogens is 296 g/mol. The summed E-state index contributed by atoms with van der Waals surface area (Å²) in [6, 6.07) is 2.84. The monoisotopic (exact) mass is 320 g/mol. The Morgan fingerprint density at radius 3 is 2.61 bits per heavy atom. The molecule has 0 aliphatic heterocycles. The Hall–Kier alpha value is -1.95. The van der Waals surface area contributed by atoms with E-state index in [1.54, 1.807) is 7.11 Å². The summed E-state index contributed by atoms with van der Waals surface area (Å²) in [5.74, 6) is -1.31. The molecule has 1 aromatic heterocycles. The Balaban J connectivity index is 1.96. The normalized spacial score (nSPS) is 16.7. The van der Waals surface area contributed by atoms with Crippen molar-refractivity contribution in [1.29, 1.82) is 0 Å². The average molecular weight is 320 g/mol. The zero-order valence-corrected chi connectivity index (χ0v) is 13.5.